The van der Waals surface area contributed by atoms with E-state index in [2.05, 4.69) is 0 Å². The molecule has 3 rings (SSSR count). The number of amides is 1. The Morgan fingerprint density at radius 1 is 1.35 bits per heavy atom. The largest absolute Gasteiger partial charge is 0.422 e. The Kier molecular flexibility index (Phi) is 4.11. The predicted molar refractivity (Wildman–Crippen MR) is 78.2 cm³/mol. The molecule has 1 aliphatic rings. The van der Waals surface area contributed by atoms with Crippen LogP contribution in [0.25, 0.3) is 11.0 Å². The van der Waals surface area contributed by atoms with Crippen molar-refractivity contribution in [3.8, 4) is 0 Å². The van der Waals surface area contributed by atoms with Gasteiger partial charge in [0.25, 0.3) is 5.91 Å². The van der Waals surface area contributed by atoms with E-state index in [1.54, 1.807) is 23.1 Å². The smallest absolute Gasteiger partial charge is 0.349 e. The van der Waals surface area contributed by atoms with Crippen molar-refractivity contribution < 1.29 is 9.21 Å². The molecule has 2 N–H and O–H groups in total. The molecule has 1 atom stereocenters. The van der Waals surface area contributed by atoms with Crippen molar-refractivity contribution >= 4 is 29.3 Å². The minimum Gasteiger partial charge on any atom is -0.422 e. The molecule has 1 aliphatic heterocycles. The summed E-state index contributed by atoms with van der Waals surface area (Å²) >= 11 is 0. The van der Waals surface area contributed by atoms with Crippen molar-refractivity contribution in [3.05, 3.63) is 46.3 Å². The summed E-state index contributed by atoms with van der Waals surface area (Å²) < 4.78 is 5.17. The zero-order valence-corrected chi connectivity index (χ0v) is 11.6. The van der Waals surface area contributed by atoms with Gasteiger partial charge in [-0.2, -0.15) is 0 Å². The van der Waals surface area contributed by atoms with Crippen LogP contribution < -0.4 is 11.4 Å². The highest BCUT2D eigenvalue weighted by atomic mass is 35.5. The molecule has 1 saturated heterocycles. The summed E-state index contributed by atoms with van der Waals surface area (Å²) in [5.74, 6) is -0.299. The molecule has 2 heterocycles. The number of benzene rings is 1. The topological polar surface area (TPSA) is 76.5 Å². The second kappa shape index (κ2) is 5.64. The van der Waals surface area contributed by atoms with E-state index in [0.29, 0.717) is 18.7 Å². The van der Waals surface area contributed by atoms with Crippen molar-refractivity contribution in [3.63, 3.8) is 0 Å². The molecule has 1 aromatic heterocycles. The summed E-state index contributed by atoms with van der Waals surface area (Å²) in [6, 6.07) is 8.72. The number of nitrogens with two attached hydrogens (primary N) is 1. The van der Waals surface area contributed by atoms with Gasteiger partial charge in [0, 0.05) is 24.5 Å². The van der Waals surface area contributed by atoms with Gasteiger partial charge in [0.2, 0.25) is 0 Å². The molecule has 0 unspecified atom stereocenters. The molecule has 20 heavy (non-hydrogen) atoms. The lowest BCUT2D eigenvalue weighted by molar-refractivity contribution is 0.0787. The van der Waals surface area contributed by atoms with Crippen LogP contribution in [-0.4, -0.2) is 29.9 Å². The zero-order chi connectivity index (χ0) is 13.4. The summed E-state index contributed by atoms with van der Waals surface area (Å²) in [4.78, 5) is 25.7. The minimum absolute atomic E-state index is 0. The van der Waals surface area contributed by atoms with Crippen molar-refractivity contribution in [1.82, 2.24) is 4.90 Å². The van der Waals surface area contributed by atoms with E-state index in [1.165, 1.54) is 0 Å². The van der Waals surface area contributed by atoms with Crippen LogP contribution in [0.1, 0.15) is 16.8 Å². The lowest BCUT2D eigenvalue weighted by atomic mass is 10.1. The van der Waals surface area contributed by atoms with Gasteiger partial charge >= 0.3 is 5.63 Å². The van der Waals surface area contributed by atoms with Gasteiger partial charge in [-0.3, -0.25) is 4.79 Å². The van der Waals surface area contributed by atoms with E-state index < -0.39 is 5.63 Å². The average Bonchev–Trinajstić information content (AvgIpc) is 2.84. The second-order valence-corrected chi connectivity index (χ2v) is 4.79. The number of likely N-dealkylation sites (tertiary alicyclic amines) is 1. The number of hydrogen-bond donors (Lipinski definition) is 1. The standard InChI is InChI=1S/C14H14N2O3.ClH/c15-10-5-6-16(8-10)13(17)11-7-9-3-1-2-4-12(9)19-14(11)18;/h1-4,7,10H,5-6,8,15H2;1H/t10-;/m0./s1. The molecular formula is C14H15ClN2O3. The van der Waals surface area contributed by atoms with Crippen LogP contribution in [-0.2, 0) is 0 Å². The highest BCUT2D eigenvalue weighted by Gasteiger charge is 2.26. The molecule has 0 radical (unpaired) electrons. The third-order valence-electron chi connectivity index (χ3n) is 3.38. The normalized spacial score (nSPS) is 18.1. The van der Waals surface area contributed by atoms with E-state index in [-0.39, 0.29) is 29.9 Å². The number of carbonyl (C=O) groups is 1. The first-order valence-electron chi connectivity index (χ1n) is 6.23. The fourth-order valence-electron chi connectivity index (χ4n) is 2.35. The molecule has 6 heteroatoms. The minimum atomic E-state index is -0.593. The van der Waals surface area contributed by atoms with Gasteiger partial charge < -0.3 is 15.1 Å². The Balaban J connectivity index is 0.00000147. The van der Waals surface area contributed by atoms with Gasteiger partial charge in [0.1, 0.15) is 11.1 Å². The van der Waals surface area contributed by atoms with Gasteiger partial charge in [0.05, 0.1) is 0 Å². The SMILES string of the molecule is Cl.N[C@H]1CCN(C(=O)c2cc3ccccc3oc2=O)C1. The molecule has 106 valence electrons. The molecular weight excluding hydrogens is 280 g/mol. The van der Waals surface area contributed by atoms with Gasteiger partial charge in [-0.25, -0.2) is 4.79 Å². The number of hydrogen-bond acceptors (Lipinski definition) is 4. The Morgan fingerprint density at radius 3 is 2.80 bits per heavy atom. The van der Waals surface area contributed by atoms with Crippen molar-refractivity contribution in [2.45, 2.75) is 12.5 Å². The van der Waals surface area contributed by atoms with Crippen LogP contribution in [0, 0.1) is 0 Å². The van der Waals surface area contributed by atoms with Crippen LogP contribution in [0.3, 0.4) is 0 Å². The quantitative estimate of drug-likeness (QED) is 0.806. The zero-order valence-electron chi connectivity index (χ0n) is 10.7. The first-order valence-corrected chi connectivity index (χ1v) is 6.23. The highest BCUT2D eigenvalue weighted by Crippen LogP contribution is 2.15. The first kappa shape index (κ1) is 14.6. The van der Waals surface area contributed by atoms with E-state index in [9.17, 15) is 9.59 Å². The highest BCUT2D eigenvalue weighted by molar-refractivity contribution is 5.96. The third-order valence-corrected chi connectivity index (χ3v) is 3.38. The maximum Gasteiger partial charge on any atom is 0.349 e. The average molecular weight is 295 g/mol. The summed E-state index contributed by atoms with van der Waals surface area (Å²) in [6.07, 6.45) is 0.769. The van der Waals surface area contributed by atoms with Crippen LogP contribution in [0.15, 0.2) is 39.5 Å². The lowest BCUT2D eigenvalue weighted by Gasteiger charge is -2.14. The summed E-state index contributed by atoms with van der Waals surface area (Å²) in [5, 5.41) is 0.744. The maximum atomic E-state index is 12.3. The number of rotatable bonds is 1. The fraction of sp³-hybridized carbons (Fsp3) is 0.286. The number of halogens is 1. The van der Waals surface area contributed by atoms with Crippen LogP contribution in [0.2, 0.25) is 0 Å². The number of nitrogens with zero attached hydrogens (tertiary/aromatic N) is 1. The molecule has 1 amide bonds. The third kappa shape index (κ3) is 2.55. The predicted octanol–water partition coefficient (Wildman–Crippen LogP) is 1.39. The van der Waals surface area contributed by atoms with Crippen LogP contribution in [0.5, 0.6) is 0 Å². The molecule has 2 aromatic rings. The number of para-hydroxylation sites is 1. The molecule has 0 bridgehead atoms. The van der Waals surface area contributed by atoms with Gasteiger partial charge in [0.15, 0.2) is 0 Å². The van der Waals surface area contributed by atoms with Gasteiger partial charge in [-0.15, -0.1) is 12.4 Å². The second-order valence-electron chi connectivity index (χ2n) is 4.79. The number of carbonyl (C=O) groups excluding carboxylic acids is 1. The summed E-state index contributed by atoms with van der Waals surface area (Å²) in [5.41, 5.74) is 5.75. The van der Waals surface area contributed by atoms with E-state index in [4.69, 9.17) is 10.2 Å². The summed E-state index contributed by atoms with van der Waals surface area (Å²) in [6.45, 7) is 1.08. The number of fused-ring (bicyclic) bond motifs is 1. The molecule has 0 saturated carbocycles. The maximum absolute atomic E-state index is 12.3. The monoisotopic (exact) mass is 294 g/mol. The molecule has 1 aromatic carbocycles. The lowest BCUT2D eigenvalue weighted by Crippen LogP contribution is -2.34. The van der Waals surface area contributed by atoms with E-state index in [1.807, 2.05) is 12.1 Å². The molecule has 5 nitrogen and oxygen atoms in total. The molecule has 1 fully saturated rings. The molecule has 0 aliphatic carbocycles. The Hall–Kier alpha value is -1.85. The van der Waals surface area contributed by atoms with E-state index in [0.717, 1.165) is 11.8 Å². The van der Waals surface area contributed by atoms with Crippen molar-refractivity contribution in [2.75, 3.05) is 13.1 Å². The van der Waals surface area contributed by atoms with Crippen molar-refractivity contribution in [2.24, 2.45) is 5.73 Å². The van der Waals surface area contributed by atoms with Gasteiger partial charge in [-0.1, -0.05) is 18.2 Å². The van der Waals surface area contributed by atoms with E-state index >= 15 is 0 Å². The fourth-order valence-corrected chi connectivity index (χ4v) is 2.35. The van der Waals surface area contributed by atoms with Gasteiger partial charge in [-0.05, 0) is 18.6 Å². The Bertz CT molecular complexity index is 698. The first-order chi connectivity index (χ1) is 9.15. The Morgan fingerprint density at radius 2 is 2.10 bits per heavy atom. The van der Waals surface area contributed by atoms with Crippen molar-refractivity contribution in [1.29, 1.82) is 0 Å². The van der Waals surface area contributed by atoms with Crippen LogP contribution in [0.4, 0.5) is 0 Å². The Labute approximate surface area is 121 Å². The molecule has 0 spiro atoms. The summed E-state index contributed by atoms with van der Waals surface area (Å²) in [7, 11) is 0. The van der Waals surface area contributed by atoms with Crippen LogP contribution >= 0.6 is 12.4 Å².